The molecule has 2 aromatic rings. The van der Waals surface area contributed by atoms with Crippen molar-refractivity contribution < 1.29 is 22.1 Å². The lowest BCUT2D eigenvalue weighted by Crippen LogP contribution is -2.40. The third kappa shape index (κ3) is 3.57. The Bertz CT molecular complexity index is 891. The fourth-order valence-corrected chi connectivity index (χ4v) is 4.26. The second-order valence-electron chi connectivity index (χ2n) is 6.34. The van der Waals surface area contributed by atoms with Crippen LogP contribution >= 0.6 is 0 Å². The smallest absolute Gasteiger partial charge is 0.246 e. The summed E-state index contributed by atoms with van der Waals surface area (Å²) >= 11 is 0. The van der Waals surface area contributed by atoms with Crippen LogP contribution < -0.4 is 5.32 Å². The van der Waals surface area contributed by atoms with Crippen LogP contribution in [0.25, 0.3) is 0 Å². The molecule has 2 aliphatic rings. The van der Waals surface area contributed by atoms with Crippen molar-refractivity contribution in [2.45, 2.75) is 30.2 Å². The average molecular weight is 382 g/mol. The molecule has 0 unspecified atom stereocenters. The third-order valence-corrected chi connectivity index (χ3v) is 6.30. The van der Waals surface area contributed by atoms with E-state index in [1.165, 1.54) is 16.4 Å². The Morgan fingerprint density at radius 2 is 2.04 bits per heavy atom. The van der Waals surface area contributed by atoms with Gasteiger partial charge in [-0.1, -0.05) is 5.16 Å². The van der Waals surface area contributed by atoms with E-state index in [1.807, 2.05) is 0 Å². The SMILES string of the molecule is O=S(=O)(c1cc(NCc2nc(C3CC3)no2)ccc1F)N1CCOCC1. The van der Waals surface area contributed by atoms with Gasteiger partial charge >= 0.3 is 0 Å². The number of hydrogen-bond acceptors (Lipinski definition) is 7. The molecule has 2 fully saturated rings. The summed E-state index contributed by atoms with van der Waals surface area (Å²) in [5.41, 5.74) is 0.462. The fraction of sp³-hybridized carbons (Fsp3) is 0.500. The van der Waals surface area contributed by atoms with Gasteiger partial charge in [0.2, 0.25) is 15.9 Å². The molecule has 1 aliphatic heterocycles. The number of benzene rings is 1. The van der Waals surface area contributed by atoms with Crippen molar-refractivity contribution in [1.82, 2.24) is 14.4 Å². The Morgan fingerprint density at radius 1 is 1.27 bits per heavy atom. The van der Waals surface area contributed by atoms with Gasteiger partial charge in [0.1, 0.15) is 10.7 Å². The molecule has 26 heavy (non-hydrogen) atoms. The first-order valence-electron chi connectivity index (χ1n) is 8.48. The molecule has 4 rings (SSSR count). The summed E-state index contributed by atoms with van der Waals surface area (Å²) < 4.78 is 51.1. The van der Waals surface area contributed by atoms with Gasteiger partial charge in [0.15, 0.2) is 5.82 Å². The molecule has 0 amide bonds. The molecule has 8 nitrogen and oxygen atoms in total. The van der Waals surface area contributed by atoms with Gasteiger partial charge in [-0.05, 0) is 31.0 Å². The molecule has 10 heteroatoms. The zero-order valence-electron chi connectivity index (χ0n) is 14.0. The van der Waals surface area contributed by atoms with Crippen LogP contribution in [0.5, 0.6) is 0 Å². The van der Waals surface area contributed by atoms with Crippen LogP contribution in [0.15, 0.2) is 27.6 Å². The van der Waals surface area contributed by atoms with E-state index >= 15 is 0 Å². The first-order valence-corrected chi connectivity index (χ1v) is 9.92. The van der Waals surface area contributed by atoms with Gasteiger partial charge in [-0.2, -0.15) is 9.29 Å². The van der Waals surface area contributed by atoms with E-state index in [0.29, 0.717) is 36.5 Å². The summed E-state index contributed by atoms with van der Waals surface area (Å²) in [6.45, 7) is 1.28. The average Bonchev–Trinajstić information content (AvgIpc) is 3.40. The summed E-state index contributed by atoms with van der Waals surface area (Å²) in [7, 11) is -3.91. The van der Waals surface area contributed by atoms with Crippen molar-refractivity contribution in [3.63, 3.8) is 0 Å². The molecule has 2 heterocycles. The van der Waals surface area contributed by atoms with E-state index in [-0.39, 0.29) is 24.5 Å². The highest BCUT2D eigenvalue weighted by molar-refractivity contribution is 7.89. The summed E-state index contributed by atoms with van der Waals surface area (Å²) in [5.74, 6) is 0.727. The lowest BCUT2D eigenvalue weighted by molar-refractivity contribution is 0.0729. The van der Waals surface area contributed by atoms with Crippen LogP contribution in [-0.2, 0) is 21.3 Å². The van der Waals surface area contributed by atoms with Crippen LogP contribution in [0.4, 0.5) is 10.1 Å². The zero-order valence-corrected chi connectivity index (χ0v) is 14.8. The van der Waals surface area contributed by atoms with Gasteiger partial charge in [0, 0.05) is 24.7 Å². The number of sulfonamides is 1. The Kier molecular flexibility index (Phi) is 4.63. The minimum atomic E-state index is -3.91. The van der Waals surface area contributed by atoms with Crippen molar-refractivity contribution in [1.29, 1.82) is 0 Å². The molecule has 0 atom stereocenters. The molecular weight excluding hydrogens is 363 g/mol. The molecule has 1 aromatic heterocycles. The first kappa shape index (κ1) is 17.4. The van der Waals surface area contributed by atoms with Gasteiger partial charge in [-0.15, -0.1) is 0 Å². The molecule has 0 bridgehead atoms. The molecule has 1 saturated heterocycles. The number of morpholine rings is 1. The largest absolute Gasteiger partial charge is 0.379 e. The van der Waals surface area contributed by atoms with Crippen molar-refractivity contribution in [2.24, 2.45) is 0 Å². The van der Waals surface area contributed by atoms with E-state index in [0.717, 1.165) is 18.9 Å². The normalized spacial score (nSPS) is 18.8. The van der Waals surface area contributed by atoms with Gasteiger partial charge in [-0.3, -0.25) is 0 Å². The Hall–Kier alpha value is -2.04. The van der Waals surface area contributed by atoms with E-state index in [4.69, 9.17) is 9.26 Å². The quantitative estimate of drug-likeness (QED) is 0.812. The third-order valence-electron chi connectivity index (χ3n) is 4.39. The molecule has 1 N–H and O–H groups in total. The Balaban J connectivity index is 1.49. The predicted molar refractivity (Wildman–Crippen MR) is 89.6 cm³/mol. The number of anilines is 1. The minimum Gasteiger partial charge on any atom is -0.379 e. The van der Waals surface area contributed by atoms with Gasteiger partial charge < -0.3 is 14.6 Å². The molecule has 140 valence electrons. The minimum absolute atomic E-state index is 0.214. The lowest BCUT2D eigenvalue weighted by Gasteiger charge is -2.26. The highest BCUT2D eigenvalue weighted by atomic mass is 32.2. The van der Waals surface area contributed by atoms with Gasteiger partial charge in [0.05, 0.1) is 19.8 Å². The topological polar surface area (TPSA) is 97.6 Å². The predicted octanol–water partition coefficient (Wildman–Crippen LogP) is 1.72. The summed E-state index contributed by atoms with van der Waals surface area (Å²) in [5, 5.41) is 6.93. The number of nitrogens with one attached hydrogen (secondary N) is 1. The van der Waals surface area contributed by atoms with E-state index in [1.54, 1.807) is 0 Å². The number of rotatable bonds is 6. The van der Waals surface area contributed by atoms with Crippen molar-refractivity contribution in [3.05, 3.63) is 35.7 Å². The molecule has 1 saturated carbocycles. The van der Waals surface area contributed by atoms with Crippen molar-refractivity contribution >= 4 is 15.7 Å². The second-order valence-corrected chi connectivity index (χ2v) is 8.24. The second kappa shape index (κ2) is 6.93. The number of ether oxygens (including phenoxy) is 1. The van der Waals surface area contributed by atoms with Crippen LogP contribution in [0.2, 0.25) is 0 Å². The highest BCUT2D eigenvalue weighted by Crippen LogP contribution is 2.38. The molecule has 0 spiro atoms. The van der Waals surface area contributed by atoms with Crippen LogP contribution in [0.3, 0.4) is 0 Å². The van der Waals surface area contributed by atoms with Crippen LogP contribution in [0.1, 0.15) is 30.5 Å². The number of nitrogens with zero attached hydrogens (tertiary/aromatic N) is 3. The molecular formula is C16H19FN4O4S. The van der Waals surface area contributed by atoms with Crippen LogP contribution in [0, 0.1) is 5.82 Å². The van der Waals surface area contributed by atoms with Crippen molar-refractivity contribution in [3.8, 4) is 0 Å². The van der Waals surface area contributed by atoms with Gasteiger partial charge in [-0.25, -0.2) is 12.8 Å². The van der Waals surface area contributed by atoms with E-state index in [2.05, 4.69) is 15.5 Å². The number of halogens is 1. The maximum Gasteiger partial charge on any atom is 0.246 e. The Morgan fingerprint density at radius 3 is 2.77 bits per heavy atom. The lowest BCUT2D eigenvalue weighted by atomic mass is 10.3. The molecule has 1 aliphatic carbocycles. The fourth-order valence-electron chi connectivity index (χ4n) is 2.76. The summed E-state index contributed by atoms with van der Waals surface area (Å²) in [6.07, 6.45) is 2.15. The maximum absolute atomic E-state index is 14.2. The van der Waals surface area contributed by atoms with Gasteiger partial charge in [0.25, 0.3) is 0 Å². The monoisotopic (exact) mass is 382 g/mol. The van der Waals surface area contributed by atoms with E-state index < -0.39 is 15.8 Å². The van der Waals surface area contributed by atoms with Crippen molar-refractivity contribution in [2.75, 3.05) is 31.6 Å². The van der Waals surface area contributed by atoms with E-state index in [9.17, 15) is 12.8 Å². The Labute approximate surface area is 150 Å². The maximum atomic E-state index is 14.2. The standard InChI is InChI=1S/C16H19FN4O4S/c17-13-4-3-12(18-10-15-19-16(20-25-15)11-1-2-11)9-14(13)26(22,23)21-5-7-24-8-6-21/h3-4,9,11,18H,1-2,5-8,10H2. The summed E-state index contributed by atoms with van der Waals surface area (Å²) in [4.78, 5) is 3.94. The highest BCUT2D eigenvalue weighted by Gasteiger charge is 2.30. The molecule has 1 aromatic carbocycles. The van der Waals surface area contributed by atoms with Crippen LogP contribution in [-0.4, -0.2) is 49.2 Å². The first-order chi connectivity index (χ1) is 12.5. The number of aromatic nitrogens is 2. The molecule has 0 radical (unpaired) electrons. The zero-order chi connectivity index (χ0) is 18.1. The number of hydrogen-bond donors (Lipinski definition) is 1. The summed E-state index contributed by atoms with van der Waals surface area (Å²) in [6, 6.07) is 3.91.